The first-order chi connectivity index (χ1) is 2.00. The summed E-state index contributed by atoms with van der Waals surface area (Å²) in [5.74, 6) is 0. The molecule has 0 bridgehead atoms. The molecule has 0 aliphatic heterocycles. The van der Waals surface area contributed by atoms with Crippen molar-refractivity contribution in [1.82, 2.24) is 0 Å². The summed E-state index contributed by atoms with van der Waals surface area (Å²) in [7, 11) is 4.67. The molecule has 3 unspecified atom stereocenters. The van der Waals surface area contributed by atoms with Crippen LogP contribution >= 0.6 is 27.8 Å². The van der Waals surface area contributed by atoms with Gasteiger partial charge in [-0.15, -0.1) is 17.9 Å². The topological polar surface area (TPSA) is 0 Å². The third kappa shape index (κ3) is 34.4. The maximum Gasteiger partial charge on any atom is 0 e. The molecule has 0 fully saturated rings. The van der Waals surface area contributed by atoms with E-state index in [1.165, 1.54) is 0 Å². The highest BCUT2D eigenvalue weighted by Crippen LogP contribution is 1.86. The molecule has 0 saturated carbocycles. The Morgan fingerprint density at radius 3 is 1.20 bits per heavy atom. The Morgan fingerprint density at radius 1 is 1.20 bits per heavy atom. The van der Waals surface area contributed by atoms with E-state index in [9.17, 15) is 0 Å². The van der Waals surface area contributed by atoms with Crippen molar-refractivity contribution < 1.29 is 4.40 Å². The lowest BCUT2D eigenvalue weighted by molar-refractivity contribution is 2.50. The molecule has 42 valence electrons. The van der Waals surface area contributed by atoms with Gasteiger partial charge in [-0.05, 0) is 0 Å². The quantitative estimate of drug-likeness (QED) is 0.456. The molecule has 0 heterocycles. The summed E-state index contributed by atoms with van der Waals surface area (Å²) in [6.07, 6.45) is 0. The monoisotopic (exact) mass is 142 g/mol. The third-order valence-electron chi connectivity index (χ3n) is 0. The standard InChI is InChI=1S/2CH4.H4P2.H3P.2H2/c;;1-2;;;/h2*1H4;1-2H2;1H3;2*1H/i;;;;1+2T;1+2. The molecule has 3 heteroatoms. The lowest BCUT2D eigenvalue weighted by Crippen LogP contribution is -0.139. The molecule has 0 saturated heterocycles. The summed E-state index contributed by atoms with van der Waals surface area (Å²) in [6, 6.07) is 0. The zero-order valence-corrected chi connectivity index (χ0v) is 5.59. The molecule has 0 nitrogen and oxygen atoms in total. The van der Waals surface area contributed by atoms with E-state index in [0.29, 0.717) is 0 Å². The zero-order chi connectivity index (χ0) is 4.00. The second kappa shape index (κ2) is 58.5. The van der Waals surface area contributed by atoms with Gasteiger partial charge in [-0.2, -0.15) is 9.90 Å². The van der Waals surface area contributed by atoms with Crippen LogP contribution in [0.4, 0.5) is 0 Å². The largest absolute Gasteiger partial charge is 0.153 e. The first kappa shape index (κ1) is 16.3. The molecule has 0 radical (unpaired) electrons. The van der Waals surface area contributed by atoms with Crippen molar-refractivity contribution in [2.45, 2.75) is 14.9 Å². The van der Waals surface area contributed by atoms with Gasteiger partial charge < -0.3 is 0 Å². The van der Waals surface area contributed by atoms with E-state index in [1.807, 2.05) is 0 Å². The molecule has 3 atom stereocenters. The molecule has 0 spiro atoms. The van der Waals surface area contributed by atoms with E-state index in [-0.39, 0.29) is 26.2 Å². The molecule has 0 N–H and O–H groups in total. The Morgan fingerprint density at radius 2 is 1.20 bits per heavy atom. The van der Waals surface area contributed by atoms with Crippen LogP contribution in [0.3, 0.4) is 0 Å². The van der Waals surface area contributed by atoms with Crippen LogP contribution in [-0.4, -0.2) is 0 Å². The molecule has 5 heavy (non-hydrogen) atoms. The minimum Gasteiger partial charge on any atom is -0.153 e. The first-order valence-electron chi connectivity index (χ1n) is 1.33. The maximum absolute atomic E-state index is 5.00. The second-order valence-corrected chi connectivity index (χ2v) is 0. The van der Waals surface area contributed by atoms with Gasteiger partial charge in [0.15, 0.2) is 0 Å². The normalized spacial score (nSPS) is 2.80. The predicted octanol–water partition coefficient (Wildman–Crippen LogP) is 2.47. The van der Waals surface area contributed by atoms with Crippen LogP contribution < -0.4 is 0 Å². The minimum atomic E-state index is 0. The molecule has 0 rings (SSSR count). The van der Waals surface area contributed by atoms with Crippen molar-refractivity contribution in [3.8, 4) is 0 Å². The maximum atomic E-state index is 5.00. The summed E-state index contributed by atoms with van der Waals surface area (Å²) in [5.41, 5.74) is 0. The van der Waals surface area contributed by atoms with Gasteiger partial charge >= 0.3 is 0 Å². The van der Waals surface area contributed by atoms with Gasteiger partial charge in [0.2, 0.25) is 0 Å². The fraction of sp³-hybridized carbons (Fsp3) is 1.00. The van der Waals surface area contributed by atoms with Crippen LogP contribution in [0.25, 0.3) is 0 Å². The van der Waals surface area contributed by atoms with E-state index < -0.39 is 0 Å². The molecule has 0 aromatic carbocycles. The van der Waals surface area contributed by atoms with E-state index in [2.05, 4.69) is 17.9 Å². The van der Waals surface area contributed by atoms with Gasteiger partial charge in [0, 0.05) is 4.40 Å². The highest BCUT2D eigenvalue weighted by atomic mass is 32.0. The Kier molecular flexibility index (Phi) is 190. The van der Waals surface area contributed by atoms with Gasteiger partial charge in [0.05, 0.1) is 0 Å². The highest BCUT2D eigenvalue weighted by molar-refractivity contribution is 7.92. The Balaban J connectivity index is -0.00000000167. The third-order valence-corrected chi connectivity index (χ3v) is 0. The van der Waals surface area contributed by atoms with E-state index >= 15 is 0 Å². The van der Waals surface area contributed by atoms with Crippen molar-refractivity contribution in [2.24, 2.45) is 0 Å². The van der Waals surface area contributed by atoms with E-state index in [4.69, 9.17) is 2.97 Å². The average Bonchev–Trinajstić information content (AvgIpc) is 1.50. The van der Waals surface area contributed by atoms with Crippen LogP contribution in [0.15, 0.2) is 0 Å². The Labute approximate surface area is 48.0 Å². The minimum absolute atomic E-state index is 0. The van der Waals surface area contributed by atoms with Crippen LogP contribution in [0.2, 0.25) is 0 Å². The summed E-state index contributed by atoms with van der Waals surface area (Å²) >= 11 is 0. The Hall–Kier alpha value is 1.29. The van der Waals surface area contributed by atoms with Crippen molar-refractivity contribution in [1.29, 1.82) is 0 Å². The van der Waals surface area contributed by atoms with Crippen molar-refractivity contribution in [3.05, 3.63) is 0 Å². The average molecular weight is 142 g/mol. The van der Waals surface area contributed by atoms with Gasteiger partial charge in [-0.1, -0.05) is 14.9 Å². The summed E-state index contributed by atoms with van der Waals surface area (Å²) in [6.45, 7) is 0. The molecule has 0 amide bonds. The fourth-order valence-corrected chi connectivity index (χ4v) is 0. The van der Waals surface area contributed by atoms with E-state index in [0.717, 1.165) is 0 Å². The van der Waals surface area contributed by atoms with Crippen LogP contribution in [-0.2, 0) is 0 Å². The number of hydrogen-bond donors (Lipinski definition) is 0. The molecule has 0 aliphatic carbocycles. The van der Waals surface area contributed by atoms with Gasteiger partial charge in [0.25, 0.3) is 0 Å². The zero-order valence-electron chi connectivity index (χ0n) is 3.86. The van der Waals surface area contributed by atoms with Gasteiger partial charge in [-0.25, -0.2) is 0 Å². The van der Waals surface area contributed by atoms with Crippen LogP contribution in [0, 0.1) is 0 Å². The molecule has 0 aromatic rings. The first-order valence-corrected chi connectivity index (χ1v) is 3.00. The highest BCUT2D eigenvalue weighted by Gasteiger charge is 0.882. The van der Waals surface area contributed by atoms with Gasteiger partial charge in [0.1, 0.15) is 0 Å². The smallest absolute Gasteiger partial charge is 0 e. The fourth-order valence-electron chi connectivity index (χ4n) is 0. The number of rotatable bonds is 0. The van der Waals surface area contributed by atoms with Crippen molar-refractivity contribution in [3.63, 3.8) is 0 Å². The summed E-state index contributed by atoms with van der Waals surface area (Å²) in [5, 5.41) is 0. The summed E-state index contributed by atoms with van der Waals surface area (Å²) in [4.78, 5) is 0. The second-order valence-electron chi connectivity index (χ2n) is 0. The molecular formula is C2H19P3. The van der Waals surface area contributed by atoms with E-state index in [1.54, 1.807) is 0 Å². The summed E-state index contributed by atoms with van der Waals surface area (Å²) < 4.78 is 10.0. The van der Waals surface area contributed by atoms with Crippen LogP contribution in [0.5, 0.6) is 0 Å². The van der Waals surface area contributed by atoms with Crippen molar-refractivity contribution in [2.75, 3.05) is 0 Å². The number of hydrogen-bond acceptors (Lipinski definition) is 0. The molecular weight excluding hydrogens is 117 g/mol. The lowest BCUT2D eigenvalue weighted by Gasteiger charge is -1.12. The lowest BCUT2D eigenvalue weighted by atomic mass is 12.0. The van der Waals surface area contributed by atoms with Crippen molar-refractivity contribution >= 4 is 27.8 Å². The van der Waals surface area contributed by atoms with Gasteiger partial charge in [-0.3, -0.25) is 0 Å². The van der Waals surface area contributed by atoms with Crippen LogP contribution in [0.1, 0.15) is 19.2 Å². The SMILES string of the molecule is C.C.P.PP.[3HH].[3H][3H]. The Bertz CT molecular complexity index is 12.5. The molecule has 0 aromatic heterocycles. The molecule has 0 aliphatic rings. The predicted molar refractivity (Wildman–Crippen MR) is 48.2 cm³/mol.